The predicted molar refractivity (Wildman–Crippen MR) is 101 cm³/mol. The summed E-state index contributed by atoms with van der Waals surface area (Å²) in [5.74, 6) is 2.82. The van der Waals surface area contributed by atoms with Crippen LogP contribution in [0.15, 0.2) is 12.1 Å². The van der Waals surface area contributed by atoms with Gasteiger partial charge in [-0.3, -0.25) is 0 Å². The summed E-state index contributed by atoms with van der Waals surface area (Å²) in [6.07, 6.45) is 8.75. The molecule has 0 radical (unpaired) electrons. The SMILES string of the molecule is CCOc1cc2c(cc1OS(N)(=O)=O)CCC1C2CC[C@]2(C)CCCC12. The largest absolute Gasteiger partial charge is 0.490 e. The van der Waals surface area contributed by atoms with Crippen molar-refractivity contribution in [2.24, 2.45) is 22.4 Å². The Morgan fingerprint density at radius 3 is 2.73 bits per heavy atom. The van der Waals surface area contributed by atoms with E-state index in [0.717, 1.165) is 18.3 Å². The third-order valence-electron chi connectivity index (χ3n) is 7.08. The molecule has 6 heteroatoms. The Labute approximate surface area is 156 Å². The van der Waals surface area contributed by atoms with Crippen molar-refractivity contribution < 1.29 is 17.3 Å². The maximum atomic E-state index is 11.4. The van der Waals surface area contributed by atoms with Gasteiger partial charge in [-0.1, -0.05) is 13.3 Å². The van der Waals surface area contributed by atoms with Gasteiger partial charge in [0.25, 0.3) is 0 Å². The van der Waals surface area contributed by atoms with Crippen molar-refractivity contribution in [3.05, 3.63) is 23.3 Å². The normalized spacial score (nSPS) is 33.1. The minimum Gasteiger partial charge on any atom is -0.490 e. The van der Waals surface area contributed by atoms with Gasteiger partial charge in [0.15, 0.2) is 11.5 Å². The van der Waals surface area contributed by atoms with Gasteiger partial charge < -0.3 is 8.92 Å². The molecule has 0 amide bonds. The van der Waals surface area contributed by atoms with Crippen molar-refractivity contribution in [3.8, 4) is 11.5 Å². The van der Waals surface area contributed by atoms with Crippen LogP contribution in [0.3, 0.4) is 0 Å². The highest BCUT2D eigenvalue weighted by molar-refractivity contribution is 7.84. The van der Waals surface area contributed by atoms with E-state index in [9.17, 15) is 8.42 Å². The summed E-state index contributed by atoms with van der Waals surface area (Å²) >= 11 is 0. The number of hydrogen-bond acceptors (Lipinski definition) is 4. The molecule has 5 nitrogen and oxygen atoms in total. The maximum Gasteiger partial charge on any atom is 0.380 e. The average molecular weight is 380 g/mol. The first-order valence-electron chi connectivity index (χ1n) is 9.82. The molecule has 26 heavy (non-hydrogen) atoms. The first-order valence-corrected chi connectivity index (χ1v) is 11.3. The molecule has 2 fully saturated rings. The lowest BCUT2D eigenvalue weighted by Crippen LogP contribution is -2.39. The standard InChI is InChI=1S/C20H29NO4S/c1-3-24-18-12-16-13(11-19(18)25-26(21,22)23)6-7-15-14(16)8-10-20(2)9-4-5-17(15)20/h11-12,14-15,17H,3-10H2,1-2H3,(H2,21,22,23)/t14?,15?,17?,20-/m0/s1. The minimum atomic E-state index is -4.07. The second-order valence-electron chi connectivity index (χ2n) is 8.51. The van der Waals surface area contributed by atoms with Crippen molar-refractivity contribution >= 4 is 10.3 Å². The van der Waals surface area contributed by atoms with Crippen LogP contribution in [-0.2, 0) is 16.7 Å². The molecule has 4 rings (SSSR count). The van der Waals surface area contributed by atoms with Gasteiger partial charge in [-0.25, -0.2) is 0 Å². The first-order chi connectivity index (χ1) is 12.3. The van der Waals surface area contributed by atoms with Crippen molar-refractivity contribution in [2.45, 2.75) is 64.7 Å². The summed E-state index contributed by atoms with van der Waals surface area (Å²) in [6, 6.07) is 3.86. The lowest BCUT2D eigenvalue weighted by molar-refractivity contribution is 0.0597. The van der Waals surface area contributed by atoms with E-state index < -0.39 is 10.3 Å². The van der Waals surface area contributed by atoms with Crippen LogP contribution in [0.2, 0.25) is 0 Å². The third-order valence-corrected chi connectivity index (χ3v) is 7.49. The molecule has 144 valence electrons. The second-order valence-corrected chi connectivity index (χ2v) is 9.66. The molecule has 0 aliphatic heterocycles. The molecule has 0 saturated heterocycles. The van der Waals surface area contributed by atoms with E-state index in [1.54, 1.807) is 0 Å². The zero-order chi connectivity index (χ0) is 18.5. The van der Waals surface area contributed by atoms with Gasteiger partial charge in [0.1, 0.15) is 0 Å². The van der Waals surface area contributed by atoms with E-state index in [1.165, 1.54) is 49.7 Å². The first kappa shape index (κ1) is 18.1. The van der Waals surface area contributed by atoms with E-state index in [-0.39, 0.29) is 5.75 Å². The molecule has 0 aromatic heterocycles. The summed E-state index contributed by atoms with van der Waals surface area (Å²) in [6.45, 7) is 4.83. The predicted octanol–water partition coefficient (Wildman–Crippen LogP) is 3.91. The smallest absolute Gasteiger partial charge is 0.380 e. The van der Waals surface area contributed by atoms with Crippen molar-refractivity contribution in [1.82, 2.24) is 0 Å². The van der Waals surface area contributed by atoms with Crippen LogP contribution in [-0.4, -0.2) is 15.0 Å². The maximum absolute atomic E-state index is 11.4. The van der Waals surface area contributed by atoms with Crippen LogP contribution >= 0.6 is 0 Å². The molecular weight excluding hydrogens is 350 g/mol. The highest BCUT2D eigenvalue weighted by Gasteiger charge is 2.50. The fraction of sp³-hybridized carbons (Fsp3) is 0.700. The van der Waals surface area contributed by atoms with Crippen LogP contribution in [0.1, 0.15) is 69.4 Å². The molecule has 0 heterocycles. The van der Waals surface area contributed by atoms with Gasteiger partial charge in [0.05, 0.1) is 6.61 Å². The van der Waals surface area contributed by atoms with Crippen molar-refractivity contribution in [2.75, 3.05) is 6.61 Å². The Balaban J connectivity index is 1.71. The molecular formula is C20H29NO4S. The summed E-state index contributed by atoms with van der Waals surface area (Å²) in [4.78, 5) is 0. The highest BCUT2D eigenvalue weighted by atomic mass is 32.2. The van der Waals surface area contributed by atoms with Gasteiger partial charge in [0.2, 0.25) is 0 Å². The molecule has 2 saturated carbocycles. The number of aryl methyl sites for hydroxylation is 1. The number of rotatable bonds is 4. The number of benzene rings is 1. The quantitative estimate of drug-likeness (QED) is 0.860. The second kappa shape index (κ2) is 6.41. The van der Waals surface area contributed by atoms with E-state index in [2.05, 4.69) is 6.92 Å². The van der Waals surface area contributed by atoms with Gasteiger partial charge >= 0.3 is 10.3 Å². The molecule has 2 N–H and O–H groups in total. The van der Waals surface area contributed by atoms with Gasteiger partial charge in [0, 0.05) is 0 Å². The summed E-state index contributed by atoms with van der Waals surface area (Å²) in [5, 5.41) is 5.08. The summed E-state index contributed by atoms with van der Waals surface area (Å²) in [7, 11) is -4.07. The molecule has 1 aromatic carbocycles. The lowest BCUT2D eigenvalue weighted by Gasteiger charge is -2.49. The molecule has 0 bridgehead atoms. The Morgan fingerprint density at radius 1 is 1.19 bits per heavy atom. The molecule has 4 atom stereocenters. The molecule has 0 spiro atoms. The zero-order valence-electron chi connectivity index (χ0n) is 15.7. The Bertz CT molecular complexity index is 806. The lowest BCUT2D eigenvalue weighted by atomic mass is 9.56. The van der Waals surface area contributed by atoms with Crippen LogP contribution < -0.4 is 14.1 Å². The van der Waals surface area contributed by atoms with Gasteiger partial charge in [-0.15, -0.1) is 0 Å². The van der Waals surface area contributed by atoms with Crippen LogP contribution in [0.5, 0.6) is 11.5 Å². The van der Waals surface area contributed by atoms with Gasteiger partial charge in [-0.2, -0.15) is 13.6 Å². The third kappa shape index (κ3) is 3.11. The Kier molecular flexibility index (Phi) is 4.47. The van der Waals surface area contributed by atoms with E-state index in [0.29, 0.717) is 23.7 Å². The van der Waals surface area contributed by atoms with E-state index >= 15 is 0 Å². The summed E-state index contributed by atoms with van der Waals surface area (Å²) in [5.41, 5.74) is 3.05. The highest BCUT2D eigenvalue weighted by Crippen LogP contribution is 2.61. The number of nitrogens with two attached hydrogens (primary N) is 1. The molecule has 1 aromatic rings. The Morgan fingerprint density at radius 2 is 2.00 bits per heavy atom. The number of fused-ring (bicyclic) bond motifs is 5. The molecule has 3 aliphatic carbocycles. The average Bonchev–Trinajstić information content (AvgIpc) is 2.96. The number of hydrogen-bond donors (Lipinski definition) is 1. The monoisotopic (exact) mass is 379 g/mol. The number of ether oxygens (including phenoxy) is 1. The molecule has 3 unspecified atom stereocenters. The topological polar surface area (TPSA) is 78.6 Å². The van der Waals surface area contributed by atoms with Gasteiger partial charge in [-0.05, 0) is 91.9 Å². The summed E-state index contributed by atoms with van der Waals surface area (Å²) < 4.78 is 33.5. The fourth-order valence-corrected chi connectivity index (χ4v) is 6.41. The minimum absolute atomic E-state index is 0.216. The zero-order valence-corrected chi connectivity index (χ0v) is 16.5. The fourth-order valence-electron chi connectivity index (χ4n) is 6.03. The van der Waals surface area contributed by atoms with Crippen molar-refractivity contribution in [1.29, 1.82) is 0 Å². The van der Waals surface area contributed by atoms with E-state index in [4.69, 9.17) is 14.1 Å². The van der Waals surface area contributed by atoms with Crippen molar-refractivity contribution in [3.63, 3.8) is 0 Å². The Hall–Kier alpha value is -1.27. The van der Waals surface area contributed by atoms with E-state index in [1.807, 2.05) is 19.1 Å². The van der Waals surface area contributed by atoms with Crippen LogP contribution in [0, 0.1) is 17.3 Å². The van der Waals surface area contributed by atoms with Crippen LogP contribution in [0.4, 0.5) is 0 Å². The van der Waals surface area contributed by atoms with Crippen LogP contribution in [0.25, 0.3) is 0 Å². The molecule has 3 aliphatic rings.